The van der Waals surface area contributed by atoms with Crippen molar-refractivity contribution in [2.45, 2.75) is 51.0 Å². The molecule has 0 aliphatic carbocycles. The van der Waals surface area contributed by atoms with Crippen LogP contribution in [0.1, 0.15) is 50.4 Å². The van der Waals surface area contributed by atoms with Crippen molar-refractivity contribution in [2.75, 3.05) is 19.7 Å². The normalized spacial score (nSPS) is 18.3. The molecule has 7 nitrogen and oxygen atoms in total. The van der Waals surface area contributed by atoms with Crippen LogP contribution >= 0.6 is 0 Å². The Bertz CT molecular complexity index is 776. The maximum atomic E-state index is 12.9. The van der Waals surface area contributed by atoms with E-state index in [2.05, 4.69) is 5.32 Å². The molecule has 1 N–H and O–H groups in total. The summed E-state index contributed by atoms with van der Waals surface area (Å²) in [5, 5.41) is 2.65. The quantitative estimate of drug-likeness (QED) is 0.713. The van der Waals surface area contributed by atoms with Gasteiger partial charge in [-0.15, -0.1) is 0 Å². The maximum absolute atomic E-state index is 12.9. The summed E-state index contributed by atoms with van der Waals surface area (Å²) in [6.45, 7) is 6.39. The van der Waals surface area contributed by atoms with Gasteiger partial charge in [0.05, 0.1) is 10.5 Å². The molecule has 0 aromatic heterocycles. The summed E-state index contributed by atoms with van der Waals surface area (Å²) in [5.74, 6) is -0.815. The van der Waals surface area contributed by atoms with Crippen molar-refractivity contribution < 1.29 is 22.7 Å². The first kappa shape index (κ1) is 21.4. The number of carbonyl (C=O) groups is 2. The molecule has 0 saturated carbocycles. The first-order valence-corrected chi connectivity index (χ1v) is 10.7. The molecule has 1 heterocycles. The number of amides is 1. The molecule has 8 heteroatoms. The van der Waals surface area contributed by atoms with Crippen LogP contribution < -0.4 is 5.32 Å². The largest absolute Gasteiger partial charge is 0.452 e. The highest BCUT2D eigenvalue weighted by atomic mass is 32.2. The van der Waals surface area contributed by atoms with Crippen LogP contribution in [0.15, 0.2) is 29.2 Å². The number of nitrogens with zero attached hydrogens (tertiary/aromatic N) is 1. The third kappa shape index (κ3) is 5.77. The van der Waals surface area contributed by atoms with Gasteiger partial charge in [-0.1, -0.05) is 26.3 Å². The fraction of sp³-hybridized carbons (Fsp3) is 0.579. The van der Waals surface area contributed by atoms with Gasteiger partial charge in [0.25, 0.3) is 5.91 Å². The molecule has 2 rings (SSSR count). The van der Waals surface area contributed by atoms with Crippen molar-refractivity contribution in [3.63, 3.8) is 0 Å². The molecule has 150 valence electrons. The predicted octanol–water partition coefficient (Wildman–Crippen LogP) is 2.18. The predicted molar refractivity (Wildman–Crippen MR) is 102 cm³/mol. The number of ether oxygens (including phenoxy) is 1. The minimum absolute atomic E-state index is 0.0648. The lowest BCUT2D eigenvalue weighted by atomic mass is 10.1. The molecule has 1 atom stereocenters. The Morgan fingerprint density at radius 1 is 1.30 bits per heavy atom. The van der Waals surface area contributed by atoms with E-state index in [0.717, 1.165) is 19.3 Å². The van der Waals surface area contributed by atoms with Crippen molar-refractivity contribution in [1.29, 1.82) is 0 Å². The molecule has 1 aliphatic heterocycles. The summed E-state index contributed by atoms with van der Waals surface area (Å²) in [7, 11) is -3.67. The van der Waals surface area contributed by atoms with Crippen molar-refractivity contribution in [3.8, 4) is 0 Å². The van der Waals surface area contributed by atoms with Gasteiger partial charge >= 0.3 is 5.97 Å². The summed E-state index contributed by atoms with van der Waals surface area (Å²) in [6, 6.07) is 5.71. The topological polar surface area (TPSA) is 92.8 Å². The molecule has 1 amide bonds. The Hall–Kier alpha value is -1.93. The molecule has 0 spiro atoms. The van der Waals surface area contributed by atoms with Crippen LogP contribution in [-0.2, 0) is 19.6 Å². The monoisotopic (exact) mass is 396 g/mol. The number of nitrogens with one attached hydrogen (secondary N) is 1. The first-order valence-electron chi connectivity index (χ1n) is 9.27. The van der Waals surface area contributed by atoms with Crippen LogP contribution in [-0.4, -0.2) is 50.3 Å². The summed E-state index contributed by atoms with van der Waals surface area (Å²) in [6.07, 6.45) is 2.67. The summed E-state index contributed by atoms with van der Waals surface area (Å²) >= 11 is 0. The Morgan fingerprint density at radius 3 is 2.70 bits per heavy atom. The maximum Gasteiger partial charge on any atom is 0.338 e. The van der Waals surface area contributed by atoms with Crippen LogP contribution in [0.25, 0.3) is 0 Å². The zero-order chi connectivity index (χ0) is 20.0. The lowest BCUT2D eigenvalue weighted by Gasteiger charge is -2.32. The Balaban J connectivity index is 2.05. The van der Waals surface area contributed by atoms with Gasteiger partial charge in [0.15, 0.2) is 6.61 Å². The van der Waals surface area contributed by atoms with Gasteiger partial charge in [-0.3, -0.25) is 4.79 Å². The molecule has 0 bridgehead atoms. The van der Waals surface area contributed by atoms with Gasteiger partial charge in [-0.2, -0.15) is 4.31 Å². The summed E-state index contributed by atoms with van der Waals surface area (Å²) < 4.78 is 32.3. The number of piperidine rings is 1. The minimum atomic E-state index is -3.67. The Kier molecular flexibility index (Phi) is 7.38. The summed E-state index contributed by atoms with van der Waals surface area (Å²) in [5.41, 5.74) is 0.109. The van der Waals surface area contributed by atoms with E-state index in [1.165, 1.54) is 28.6 Å². The Morgan fingerprint density at radius 2 is 2.04 bits per heavy atom. The smallest absolute Gasteiger partial charge is 0.338 e. The van der Waals surface area contributed by atoms with Crippen molar-refractivity contribution >= 4 is 21.9 Å². The first-order chi connectivity index (χ1) is 12.7. The molecule has 1 aromatic rings. The number of hydrogen-bond donors (Lipinski definition) is 1. The number of esters is 1. The highest BCUT2D eigenvalue weighted by molar-refractivity contribution is 7.89. The number of sulfonamides is 1. The second-order valence-corrected chi connectivity index (χ2v) is 9.15. The van der Waals surface area contributed by atoms with E-state index in [0.29, 0.717) is 19.0 Å². The highest BCUT2D eigenvalue weighted by Gasteiger charge is 2.31. The van der Waals surface area contributed by atoms with Gasteiger partial charge in [0, 0.05) is 19.1 Å². The lowest BCUT2D eigenvalue weighted by Crippen LogP contribution is -2.41. The van der Waals surface area contributed by atoms with Gasteiger partial charge in [0.1, 0.15) is 0 Å². The number of benzene rings is 1. The average molecular weight is 397 g/mol. The van der Waals surface area contributed by atoms with Gasteiger partial charge in [0.2, 0.25) is 10.0 Å². The highest BCUT2D eigenvalue weighted by Crippen LogP contribution is 2.25. The Labute approximate surface area is 161 Å². The average Bonchev–Trinajstić information content (AvgIpc) is 2.64. The van der Waals surface area contributed by atoms with Gasteiger partial charge in [-0.05, 0) is 43.9 Å². The molecule has 1 saturated heterocycles. The van der Waals surface area contributed by atoms with E-state index in [4.69, 9.17) is 4.74 Å². The molecule has 1 aliphatic rings. The third-order valence-electron chi connectivity index (χ3n) is 4.46. The number of hydrogen-bond acceptors (Lipinski definition) is 5. The third-order valence-corrected chi connectivity index (χ3v) is 6.47. The fourth-order valence-corrected chi connectivity index (χ4v) is 4.68. The van der Waals surface area contributed by atoms with E-state index in [1.807, 2.05) is 20.8 Å². The molecule has 1 aromatic carbocycles. The SMILES string of the molecule is CC(C)CNC(=O)COC(=O)c1cccc(S(=O)(=O)N2CCCC[C@H]2C)c1. The molecule has 1 fully saturated rings. The zero-order valence-electron chi connectivity index (χ0n) is 16.1. The standard InChI is InChI=1S/C19H28N2O5S/c1-14(2)12-20-18(22)13-26-19(23)16-8-6-9-17(11-16)27(24,25)21-10-5-4-7-15(21)3/h6,8-9,11,14-15H,4-5,7,10,12-13H2,1-3H3,(H,20,22)/t15-/m1/s1. The van der Waals surface area contributed by atoms with Crippen molar-refractivity contribution in [3.05, 3.63) is 29.8 Å². The van der Waals surface area contributed by atoms with E-state index >= 15 is 0 Å². The fourth-order valence-electron chi connectivity index (χ4n) is 2.93. The zero-order valence-corrected chi connectivity index (χ0v) is 16.9. The molecule has 27 heavy (non-hydrogen) atoms. The molecule has 0 radical (unpaired) electrons. The van der Waals surface area contributed by atoms with Crippen LogP contribution in [0.3, 0.4) is 0 Å². The number of rotatable bonds is 7. The summed E-state index contributed by atoms with van der Waals surface area (Å²) in [4.78, 5) is 23.9. The van der Waals surface area contributed by atoms with E-state index in [1.54, 1.807) is 0 Å². The molecule has 0 unspecified atom stereocenters. The molecular formula is C19H28N2O5S. The molecular weight excluding hydrogens is 368 g/mol. The minimum Gasteiger partial charge on any atom is -0.452 e. The van der Waals surface area contributed by atoms with Crippen molar-refractivity contribution in [1.82, 2.24) is 9.62 Å². The van der Waals surface area contributed by atoms with E-state index in [9.17, 15) is 18.0 Å². The van der Waals surface area contributed by atoms with Gasteiger partial charge in [-0.25, -0.2) is 13.2 Å². The lowest BCUT2D eigenvalue weighted by molar-refractivity contribution is -0.124. The number of carbonyl (C=O) groups excluding carboxylic acids is 2. The van der Waals surface area contributed by atoms with E-state index in [-0.39, 0.29) is 22.4 Å². The second kappa shape index (κ2) is 9.32. The van der Waals surface area contributed by atoms with Crippen LogP contribution in [0, 0.1) is 5.92 Å². The second-order valence-electron chi connectivity index (χ2n) is 7.26. The van der Waals surface area contributed by atoms with Gasteiger partial charge < -0.3 is 10.1 Å². The van der Waals surface area contributed by atoms with Crippen LogP contribution in [0.2, 0.25) is 0 Å². The van der Waals surface area contributed by atoms with Crippen LogP contribution in [0.4, 0.5) is 0 Å². The van der Waals surface area contributed by atoms with Crippen LogP contribution in [0.5, 0.6) is 0 Å². The van der Waals surface area contributed by atoms with Crippen molar-refractivity contribution in [2.24, 2.45) is 5.92 Å². The van der Waals surface area contributed by atoms with E-state index < -0.39 is 22.6 Å².